The molecule has 9 heteroatoms. The number of unbranched alkanes of at least 4 members (excludes halogenated alkanes) is 1. The Labute approximate surface area is 279 Å². The summed E-state index contributed by atoms with van der Waals surface area (Å²) in [6, 6.07) is 16.3. The standard InChI is InChI=1S/C38H36N6O2S/c1-26-40-41-35-25-46-24-33-31(20-27-12-7-5-8-13-27)34(47-37(33)44(26)35)18-17-28-21-39-42(22-28)19-10-6-9-14-29-15-11-16-30-32(29)23-43(36(30)45)38(2,3)4/h5,7-8,11-13,15-16,21-22H,6,10,19-20,23-25H2,1-4H3. The molecule has 0 saturated heterocycles. The summed E-state index contributed by atoms with van der Waals surface area (Å²) in [5, 5.41) is 14.3. The Morgan fingerprint density at radius 1 is 0.979 bits per heavy atom. The maximum absolute atomic E-state index is 12.9. The molecule has 2 aliphatic rings. The van der Waals surface area contributed by atoms with Crippen LogP contribution in [0.25, 0.3) is 5.00 Å². The fourth-order valence-corrected chi connectivity index (χ4v) is 7.32. The summed E-state index contributed by atoms with van der Waals surface area (Å²) in [5.41, 5.74) is 6.97. The summed E-state index contributed by atoms with van der Waals surface area (Å²) < 4.78 is 10.1. The smallest absolute Gasteiger partial charge is 0.254 e. The van der Waals surface area contributed by atoms with Crippen LogP contribution in [0.5, 0.6) is 0 Å². The number of benzene rings is 2. The second-order valence-corrected chi connectivity index (χ2v) is 13.9. The monoisotopic (exact) mass is 640 g/mol. The molecule has 1 amide bonds. The predicted molar refractivity (Wildman–Crippen MR) is 182 cm³/mol. The lowest BCUT2D eigenvalue weighted by Crippen LogP contribution is -2.41. The molecule has 0 unspecified atom stereocenters. The van der Waals surface area contributed by atoms with E-state index in [0.29, 0.717) is 19.8 Å². The molecule has 0 fully saturated rings. The number of carbonyl (C=O) groups is 1. The van der Waals surface area contributed by atoms with Gasteiger partial charge in [-0.15, -0.1) is 21.5 Å². The second kappa shape index (κ2) is 12.7. The topological polar surface area (TPSA) is 78.1 Å². The van der Waals surface area contributed by atoms with Gasteiger partial charge in [-0.25, -0.2) is 0 Å². The van der Waals surface area contributed by atoms with Crippen molar-refractivity contribution in [2.24, 2.45) is 0 Å². The van der Waals surface area contributed by atoms with E-state index < -0.39 is 0 Å². The largest absolute Gasteiger partial charge is 0.369 e. The van der Waals surface area contributed by atoms with Gasteiger partial charge in [-0.05, 0) is 69.4 Å². The van der Waals surface area contributed by atoms with Gasteiger partial charge in [0.1, 0.15) is 17.4 Å². The third-order valence-electron chi connectivity index (χ3n) is 8.53. The number of hydrogen-bond acceptors (Lipinski definition) is 6. The van der Waals surface area contributed by atoms with Crippen molar-refractivity contribution in [3.8, 4) is 28.7 Å². The van der Waals surface area contributed by atoms with Crippen LogP contribution in [0.3, 0.4) is 0 Å². The van der Waals surface area contributed by atoms with Gasteiger partial charge >= 0.3 is 0 Å². The van der Waals surface area contributed by atoms with Crippen LogP contribution in [0.15, 0.2) is 60.9 Å². The van der Waals surface area contributed by atoms with Gasteiger partial charge in [0, 0.05) is 47.9 Å². The van der Waals surface area contributed by atoms with Crippen molar-refractivity contribution in [1.82, 2.24) is 29.4 Å². The molecule has 8 nitrogen and oxygen atoms in total. The molecule has 0 spiro atoms. The summed E-state index contributed by atoms with van der Waals surface area (Å²) in [5.74, 6) is 15.2. The average molecular weight is 641 g/mol. The normalized spacial score (nSPS) is 13.6. The van der Waals surface area contributed by atoms with E-state index in [-0.39, 0.29) is 11.4 Å². The Bertz CT molecular complexity index is 2090. The highest BCUT2D eigenvalue weighted by Crippen LogP contribution is 2.37. The molecule has 0 N–H and O–H groups in total. The maximum Gasteiger partial charge on any atom is 0.254 e. The highest BCUT2D eigenvalue weighted by atomic mass is 32.1. The number of fused-ring (bicyclic) bond motifs is 4. The van der Waals surface area contributed by atoms with Crippen molar-refractivity contribution in [3.05, 3.63) is 116 Å². The molecule has 3 aromatic heterocycles. The number of amides is 1. The van der Waals surface area contributed by atoms with Crippen molar-refractivity contribution >= 4 is 17.2 Å². The van der Waals surface area contributed by atoms with E-state index in [9.17, 15) is 4.79 Å². The van der Waals surface area contributed by atoms with Gasteiger partial charge < -0.3 is 9.64 Å². The van der Waals surface area contributed by atoms with Crippen LogP contribution in [0.4, 0.5) is 0 Å². The van der Waals surface area contributed by atoms with Gasteiger partial charge in [0.15, 0.2) is 5.82 Å². The number of aryl methyl sites for hydroxylation is 2. The Morgan fingerprint density at radius 3 is 2.66 bits per heavy atom. The molecule has 0 bridgehead atoms. The van der Waals surface area contributed by atoms with Crippen molar-refractivity contribution in [2.45, 2.75) is 78.8 Å². The summed E-state index contributed by atoms with van der Waals surface area (Å²) in [7, 11) is 0. The fraction of sp³-hybridized carbons (Fsp3) is 0.316. The van der Waals surface area contributed by atoms with Gasteiger partial charge in [-0.2, -0.15) is 5.10 Å². The molecule has 5 aromatic rings. The number of hydrogen-bond donors (Lipinski definition) is 0. The molecule has 2 aliphatic heterocycles. The van der Waals surface area contributed by atoms with E-state index in [1.54, 1.807) is 11.3 Å². The predicted octanol–water partition coefficient (Wildman–Crippen LogP) is 6.44. The fourth-order valence-electron chi connectivity index (χ4n) is 6.07. The van der Waals surface area contributed by atoms with Crippen LogP contribution >= 0.6 is 11.3 Å². The molecular weight excluding hydrogens is 605 g/mol. The summed E-state index contributed by atoms with van der Waals surface area (Å²) in [6.45, 7) is 10.5. The molecule has 5 heterocycles. The summed E-state index contributed by atoms with van der Waals surface area (Å²) >= 11 is 1.67. The van der Waals surface area contributed by atoms with E-state index >= 15 is 0 Å². The zero-order valence-electron chi connectivity index (χ0n) is 27.1. The molecule has 0 aliphatic carbocycles. The maximum atomic E-state index is 12.9. The lowest BCUT2D eigenvalue weighted by molar-refractivity contribution is 0.0609. The molecule has 0 saturated carbocycles. The van der Waals surface area contributed by atoms with E-state index in [2.05, 4.69) is 88.6 Å². The first kappa shape index (κ1) is 30.7. The quantitative estimate of drug-likeness (QED) is 0.163. The van der Waals surface area contributed by atoms with Gasteiger partial charge in [0.2, 0.25) is 0 Å². The van der Waals surface area contributed by atoms with Crippen molar-refractivity contribution < 1.29 is 9.53 Å². The molecule has 236 valence electrons. The molecule has 0 radical (unpaired) electrons. The van der Waals surface area contributed by atoms with E-state index in [0.717, 1.165) is 75.2 Å². The van der Waals surface area contributed by atoms with E-state index in [1.807, 2.05) is 53.2 Å². The van der Waals surface area contributed by atoms with Crippen LogP contribution in [0, 0.1) is 30.6 Å². The highest BCUT2D eigenvalue weighted by Gasteiger charge is 2.35. The zero-order valence-corrected chi connectivity index (χ0v) is 27.9. The van der Waals surface area contributed by atoms with Crippen LogP contribution in [-0.2, 0) is 37.5 Å². The first-order chi connectivity index (χ1) is 22.8. The van der Waals surface area contributed by atoms with Crippen LogP contribution in [0.2, 0.25) is 0 Å². The lowest BCUT2D eigenvalue weighted by atomic mass is 10.0. The Hall–Kier alpha value is -4.96. The first-order valence-electron chi connectivity index (χ1n) is 15.9. The third-order valence-corrected chi connectivity index (χ3v) is 9.71. The second-order valence-electron chi connectivity index (χ2n) is 12.9. The summed E-state index contributed by atoms with van der Waals surface area (Å²) in [4.78, 5) is 15.8. The Kier molecular flexibility index (Phi) is 8.28. The average Bonchev–Trinajstić information content (AvgIpc) is 3.80. The lowest BCUT2D eigenvalue weighted by Gasteiger charge is -2.31. The minimum atomic E-state index is -0.225. The van der Waals surface area contributed by atoms with Gasteiger partial charge in [-0.3, -0.25) is 14.0 Å². The summed E-state index contributed by atoms with van der Waals surface area (Å²) in [6.07, 6.45) is 6.19. The van der Waals surface area contributed by atoms with E-state index in [4.69, 9.17) is 4.74 Å². The number of ether oxygens (including phenoxy) is 1. The molecule has 2 aromatic carbocycles. The number of nitrogens with zero attached hydrogens (tertiary/aromatic N) is 6. The van der Waals surface area contributed by atoms with Crippen LogP contribution in [0.1, 0.15) is 93.9 Å². The number of thiophene rings is 1. The number of carbonyl (C=O) groups excluding carboxylic acids is 1. The molecule has 47 heavy (non-hydrogen) atoms. The Morgan fingerprint density at radius 2 is 1.83 bits per heavy atom. The SMILES string of the molecule is Cc1nnc2n1-c1sc(C#Cc3cnn(CCCC#Cc4cccc5c4CN(C(C)(C)C)C5=O)c3)c(Cc3ccccc3)c1COC2. The van der Waals surface area contributed by atoms with E-state index in [1.165, 1.54) is 11.1 Å². The molecule has 0 atom stereocenters. The van der Waals surface area contributed by atoms with Crippen molar-refractivity contribution in [2.75, 3.05) is 0 Å². The van der Waals surface area contributed by atoms with Gasteiger partial charge in [0.05, 0.1) is 23.2 Å². The third kappa shape index (κ3) is 6.25. The molecule has 7 rings (SSSR count). The Balaban J connectivity index is 1.05. The van der Waals surface area contributed by atoms with Gasteiger partial charge in [-0.1, -0.05) is 60.1 Å². The minimum absolute atomic E-state index is 0.0871. The van der Waals surface area contributed by atoms with Crippen LogP contribution < -0.4 is 0 Å². The number of aromatic nitrogens is 5. The first-order valence-corrected chi connectivity index (χ1v) is 16.7. The van der Waals surface area contributed by atoms with Gasteiger partial charge in [0.25, 0.3) is 5.91 Å². The highest BCUT2D eigenvalue weighted by molar-refractivity contribution is 7.15. The zero-order chi connectivity index (χ0) is 32.5. The molecular formula is C38H36N6O2S. The number of rotatable bonds is 5. The van der Waals surface area contributed by atoms with Crippen molar-refractivity contribution in [1.29, 1.82) is 0 Å². The van der Waals surface area contributed by atoms with Crippen molar-refractivity contribution in [3.63, 3.8) is 0 Å². The van der Waals surface area contributed by atoms with Crippen LogP contribution in [-0.4, -0.2) is 40.9 Å². The minimum Gasteiger partial charge on any atom is -0.369 e.